The van der Waals surface area contributed by atoms with Gasteiger partial charge in [-0.3, -0.25) is 4.68 Å². The van der Waals surface area contributed by atoms with Gasteiger partial charge in [0.2, 0.25) is 0 Å². The first-order chi connectivity index (χ1) is 8.54. The second kappa shape index (κ2) is 5.46. The van der Waals surface area contributed by atoms with E-state index in [4.69, 9.17) is 0 Å². The molecule has 2 aromatic heterocycles. The molecule has 7 heteroatoms. The average molecular weight is 331 g/mol. The summed E-state index contributed by atoms with van der Waals surface area (Å²) in [4.78, 5) is 0.823. The number of rotatable bonds is 4. The van der Waals surface area contributed by atoms with E-state index in [1.165, 1.54) is 11.5 Å². The molecule has 0 spiro atoms. The quantitative estimate of drug-likeness (QED) is 0.934. The Kier molecular flexibility index (Phi) is 4.14. The van der Waals surface area contributed by atoms with Crippen molar-refractivity contribution in [2.45, 2.75) is 39.8 Å². The first kappa shape index (κ1) is 13.6. The Morgan fingerprint density at radius 3 is 2.67 bits per heavy atom. The van der Waals surface area contributed by atoms with Crippen molar-refractivity contribution in [1.82, 2.24) is 19.4 Å². The summed E-state index contributed by atoms with van der Waals surface area (Å²) in [5, 5.41) is 18.6. The lowest BCUT2D eigenvalue weighted by Crippen LogP contribution is -2.08. The Balaban J connectivity index is 2.27. The van der Waals surface area contributed by atoms with Crippen molar-refractivity contribution in [2.24, 2.45) is 0 Å². The van der Waals surface area contributed by atoms with Crippen LogP contribution in [0.4, 0.5) is 0 Å². The van der Waals surface area contributed by atoms with Gasteiger partial charge in [-0.25, -0.2) is 0 Å². The van der Waals surface area contributed by atoms with Gasteiger partial charge in [-0.2, -0.15) is 5.10 Å². The molecule has 0 aliphatic heterocycles. The van der Waals surface area contributed by atoms with Gasteiger partial charge in [0.25, 0.3) is 0 Å². The van der Waals surface area contributed by atoms with E-state index in [1.807, 2.05) is 25.5 Å². The molecule has 0 saturated heterocycles. The van der Waals surface area contributed by atoms with E-state index in [0.29, 0.717) is 6.42 Å². The summed E-state index contributed by atoms with van der Waals surface area (Å²) in [6.45, 7) is 6.63. The van der Waals surface area contributed by atoms with Crippen LogP contribution in [0.5, 0.6) is 0 Å². The van der Waals surface area contributed by atoms with Crippen molar-refractivity contribution in [3.8, 4) is 0 Å². The first-order valence-electron chi connectivity index (χ1n) is 5.73. The maximum atomic E-state index is 10.3. The molecule has 18 heavy (non-hydrogen) atoms. The number of aromatic nitrogens is 4. The molecule has 2 heterocycles. The number of halogens is 1. The number of hydrogen-bond acceptors (Lipinski definition) is 5. The van der Waals surface area contributed by atoms with Crippen molar-refractivity contribution >= 4 is 27.5 Å². The summed E-state index contributed by atoms with van der Waals surface area (Å²) in [7, 11) is 0. The molecular weight excluding hydrogens is 316 g/mol. The molecule has 5 nitrogen and oxygen atoms in total. The normalized spacial score (nSPS) is 12.9. The second-order valence-corrected chi connectivity index (χ2v) is 5.68. The van der Waals surface area contributed by atoms with E-state index in [-0.39, 0.29) is 0 Å². The van der Waals surface area contributed by atoms with E-state index >= 15 is 0 Å². The SMILES string of the molecule is CCn1nc(C)c(Br)c1CC(O)c1snnc1C. The smallest absolute Gasteiger partial charge is 0.0972 e. The largest absolute Gasteiger partial charge is 0.387 e. The molecule has 0 saturated carbocycles. The third kappa shape index (κ3) is 2.48. The maximum absolute atomic E-state index is 10.3. The standard InChI is InChI=1S/C11H15BrN4OS/c1-4-16-8(10(12)6(2)14-16)5-9(17)11-7(3)13-15-18-11/h9,17H,4-5H2,1-3H3. The molecule has 0 aliphatic carbocycles. The van der Waals surface area contributed by atoms with Crippen molar-refractivity contribution in [2.75, 3.05) is 0 Å². The summed E-state index contributed by atoms with van der Waals surface area (Å²) in [6.07, 6.45) is -0.0670. The highest BCUT2D eigenvalue weighted by atomic mass is 79.9. The van der Waals surface area contributed by atoms with Crippen molar-refractivity contribution in [1.29, 1.82) is 0 Å². The van der Waals surface area contributed by atoms with Gasteiger partial charge in [0.15, 0.2) is 0 Å². The van der Waals surface area contributed by atoms with Gasteiger partial charge in [0.1, 0.15) is 0 Å². The van der Waals surface area contributed by atoms with Crippen LogP contribution < -0.4 is 0 Å². The number of hydrogen-bond donors (Lipinski definition) is 1. The lowest BCUT2D eigenvalue weighted by molar-refractivity contribution is 0.178. The minimum Gasteiger partial charge on any atom is -0.387 e. The highest BCUT2D eigenvalue weighted by Gasteiger charge is 2.20. The molecular formula is C11H15BrN4OS. The molecule has 2 rings (SSSR count). The fourth-order valence-electron chi connectivity index (χ4n) is 1.88. The van der Waals surface area contributed by atoms with Crippen LogP contribution >= 0.6 is 27.5 Å². The van der Waals surface area contributed by atoms with Crippen LogP contribution in [0.15, 0.2) is 4.47 Å². The van der Waals surface area contributed by atoms with Crippen LogP contribution in [0, 0.1) is 13.8 Å². The summed E-state index contributed by atoms with van der Waals surface area (Å²) in [5.41, 5.74) is 2.75. The highest BCUT2D eigenvalue weighted by Crippen LogP contribution is 2.28. The Bertz CT molecular complexity index is 551. The Hall–Kier alpha value is -0.790. The summed E-state index contributed by atoms with van der Waals surface area (Å²) < 4.78 is 6.73. The van der Waals surface area contributed by atoms with Crippen molar-refractivity contribution in [3.63, 3.8) is 0 Å². The molecule has 1 atom stereocenters. The minimum absolute atomic E-state index is 0.514. The Morgan fingerprint density at radius 2 is 2.11 bits per heavy atom. The Labute approximate surface area is 118 Å². The van der Waals surface area contributed by atoms with Gasteiger partial charge < -0.3 is 5.11 Å². The molecule has 0 bridgehead atoms. The average Bonchev–Trinajstić information content (AvgIpc) is 2.87. The molecule has 0 fully saturated rings. The predicted octanol–water partition coefficient (Wildman–Crippen LogP) is 2.41. The molecule has 0 amide bonds. The van der Waals surface area contributed by atoms with E-state index < -0.39 is 6.10 Å². The van der Waals surface area contributed by atoms with Crippen LogP contribution in [0.25, 0.3) is 0 Å². The molecule has 0 aliphatic rings. The predicted molar refractivity (Wildman–Crippen MR) is 73.6 cm³/mol. The molecule has 0 aromatic carbocycles. The van der Waals surface area contributed by atoms with Gasteiger partial charge in [-0.1, -0.05) is 4.49 Å². The zero-order chi connectivity index (χ0) is 13.3. The summed E-state index contributed by atoms with van der Waals surface area (Å²) >= 11 is 4.78. The molecule has 0 radical (unpaired) electrons. The summed E-state index contributed by atoms with van der Waals surface area (Å²) in [6, 6.07) is 0. The molecule has 2 aromatic rings. The van der Waals surface area contributed by atoms with Crippen LogP contribution in [0.3, 0.4) is 0 Å². The molecule has 1 unspecified atom stereocenters. The van der Waals surface area contributed by atoms with Crippen LogP contribution in [0.1, 0.15) is 35.0 Å². The fourth-order valence-corrected chi connectivity index (χ4v) is 2.96. The van der Waals surface area contributed by atoms with E-state index in [9.17, 15) is 5.11 Å². The third-order valence-electron chi connectivity index (χ3n) is 2.83. The van der Waals surface area contributed by atoms with Crippen molar-refractivity contribution < 1.29 is 5.11 Å². The number of nitrogens with zero attached hydrogens (tertiary/aromatic N) is 4. The number of aliphatic hydroxyl groups excluding tert-OH is 1. The van der Waals surface area contributed by atoms with E-state index in [1.54, 1.807) is 0 Å². The van der Waals surface area contributed by atoms with Gasteiger partial charge in [-0.05, 0) is 48.2 Å². The maximum Gasteiger partial charge on any atom is 0.0972 e. The van der Waals surface area contributed by atoms with E-state index in [2.05, 4.69) is 30.6 Å². The lowest BCUT2D eigenvalue weighted by atomic mass is 10.1. The second-order valence-electron chi connectivity index (χ2n) is 4.10. The Morgan fingerprint density at radius 1 is 1.39 bits per heavy atom. The van der Waals surface area contributed by atoms with Gasteiger partial charge in [0.05, 0.1) is 32.5 Å². The van der Waals surface area contributed by atoms with Gasteiger partial charge in [0, 0.05) is 13.0 Å². The van der Waals surface area contributed by atoms with Crippen molar-refractivity contribution in [3.05, 3.63) is 26.4 Å². The van der Waals surface area contributed by atoms with Gasteiger partial charge in [-0.15, -0.1) is 5.10 Å². The number of aliphatic hydroxyl groups is 1. The van der Waals surface area contributed by atoms with Crippen LogP contribution in [0.2, 0.25) is 0 Å². The third-order valence-corrected chi connectivity index (χ3v) is 4.79. The zero-order valence-electron chi connectivity index (χ0n) is 10.5. The van der Waals surface area contributed by atoms with Crippen LogP contribution in [-0.2, 0) is 13.0 Å². The fraction of sp³-hybridized carbons (Fsp3) is 0.545. The zero-order valence-corrected chi connectivity index (χ0v) is 12.9. The van der Waals surface area contributed by atoms with Crippen LogP contribution in [-0.4, -0.2) is 24.5 Å². The monoisotopic (exact) mass is 330 g/mol. The first-order valence-corrected chi connectivity index (χ1v) is 7.29. The number of aryl methyl sites for hydroxylation is 3. The summed E-state index contributed by atoms with van der Waals surface area (Å²) in [5.74, 6) is 0. The lowest BCUT2D eigenvalue weighted by Gasteiger charge is -2.10. The molecule has 98 valence electrons. The van der Waals surface area contributed by atoms with Gasteiger partial charge >= 0.3 is 0 Å². The van der Waals surface area contributed by atoms with E-state index in [0.717, 1.165) is 33.0 Å². The molecule has 1 N–H and O–H groups in total. The highest BCUT2D eigenvalue weighted by molar-refractivity contribution is 9.10. The minimum atomic E-state index is -0.581. The topological polar surface area (TPSA) is 63.8 Å².